The van der Waals surface area contributed by atoms with Gasteiger partial charge in [0.1, 0.15) is 6.04 Å². The average Bonchev–Trinajstić information content (AvgIpc) is 1.98. The topological polar surface area (TPSA) is 118 Å². The zero-order valence-electron chi connectivity index (χ0n) is 6.19. The zero-order valence-corrected chi connectivity index (χ0v) is 6.19. The Bertz CT molecular complexity index is 212. The molecule has 0 amide bonds. The van der Waals surface area contributed by atoms with Crippen molar-refractivity contribution in [1.29, 1.82) is 0 Å². The largest absolute Gasteiger partial charge is 0.480 e. The third-order valence-corrected chi connectivity index (χ3v) is 1.24. The van der Waals surface area contributed by atoms with E-state index in [4.69, 9.17) is 15.9 Å². The fourth-order valence-corrected chi connectivity index (χ4v) is 0.517. The normalized spacial score (nSPS) is 12.1. The van der Waals surface area contributed by atoms with Crippen LogP contribution in [0.1, 0.15) is 12.8 Å². The van der Waals surface area contributed by atoms with Crippen LogP contribution in [0.2, 0.25) is 0 Å². The molecule has 0 radical (unpaired) electrons. The highest BCUT2D eigenvalue weighted by Crippen LogP contribution is 1.95. The van der Waals surface area contributed by atoms with Crippen LogP contribution in [0.3, 0.4) is 0 Å². The standard InChI is InChI=1S/C6H9NO5/c7-3(5(9)10)1-2-4(8)6(11)12/h3H,1-2,7H2,(H,9,10)(H,11,12)/t3-/m0/s1. The molecule has 0 bridgehead atoms. The monoisotopic (exact) mass is 175 g/mol. The average molecular weight is 175 g/mol. The Hall–Kier alpha value is -1.43. The van der Waals surface area contributed by atoms with Crippen LogP contribution in [-0.2, 0) is 14.4 Å². The van der Waals surface area contributed by atoms with Gasteiger partial charge in [-0.25, -0.2) is 4.79 Å². The first-order chi connectivity index (χ1) is 5.45. The van der Waals surface area contributed by atoms with Gasteiger partial charge < -0.3 is 15.9 Å². The summed E-state index contributed by atoms with van der Waals surface area (Å²) in [5.74, 6) is -3.83. The van der Waals surface area contributed by atoms with Gasteiger partial charge in [0.25, 0.3) is 0 Å². The van der Waals surface area contributed by atoms with Crippen molar-refractivity contribution in [2.24, 2.45) is 5.73 Å². The van der Waals surface area contributed by atoms with Gasteiger partial charge in [-0.1, -0.05) is 0 Å². The fourth-order valence-electron chi connectivity index (χ4n) is 0.517. The molecule has 0 aromatic heterocycles. The molecule has 12 heavy (non-hydrogen) atoms. The maximum absolute atomic E-state index is 10.4. The lowest BCUT2D eigenvalue weighted by Gasteiger charge is -2.02. The molecule has 0 aliphatic heterocycles. The number of ketones is 1. The van der Waals surface area contributed by atoms with E-state index in [1.807, 2.05) is 0 Å². The summed E-state index contributed by atoms with van der Waals surface area (Å²) >= 11 is 0. The first-order valence-electron chi connectivity index (χ1n) is 3.19. The van der Waals surface area contributed by atoms with Gasteiger partial charge in [-0.15, -0.1) is 0 Å². The Labute approximate surface area is 68.0 Å². The number of carbonyl (C=O) groups excluding carboxylic acids is 1. The van der Waals surface area contributed by atoms with Crippen molar-refractivity contribution in [2.45, 2.75) is 18.9 Å². The highest BCUT2D eigenvalue weighted by atomic mass is 16.4. The summed E-state index contributed by atoms with van der Waals surface area (Å²) in [4.78, 5) is 30.5. The molecular weight excluding hydrogens is 166 g/mol. The quantitative estimate of drug-likeness (QED) is 0.453. The lowest BCUT2D eigenvalue weighted by Crippen LogP contribution is -2.31. The third-order valence-electron chi connectivity index (χ3n) is 1.24. The molecule has 1 atom stereocenters. The van der Waals surface area contributed by atoms with E-state index in [1.54, 1.807) is 0 Å². The van der Waals surface area contributed by atoms with Crippen LogP contribution in [0.25, 0.3) is 0 Å². The summed E-state index contributed by atoms with van der Waals surface area (Å²) in [5, 5.41) is 16.3. The zero-order chi connectivity index (χ0) is 9.72. The minimum atomic E-state index is -1.56. The van der Waals surface area contributed by atoms with Gasteiger partial charge in [0, 0.05) is 6.42 Å². The van der Waals surface area contributed by atoms with E-state index in [-0.39, 0.29) is 12.8 Å². The number of carboxylic acids is 2. The van der Waals surface area contributed by atoms with E-state index < -0.39 is 23.8 Å². The van der Waals surface area contributed by atoms with Gasteiger partial charge in [-0.2, -0.15) is 0 Å². The molecule has 0 aliphatic rings. The summed E-state index contributed by atoms with van der Waals surface area (Å²) in [5.41, 5.74) is 5.02. The number of aliphatic carboxylic acids is 2. The Morgan fingerprint density at radius 2 is 1.75 bits per heavy atom. The van der Waals surface area contributed by atoms with Gasteiger partial charge in [-0.3, -0.25) is 9.59 Å². The molecule has 68 valence electrons. The molecule has 0 aromatic rings. The van der Waals surface area contributed by atoms with E-state index in [2.05, 4.69) is 0 Å². The number of hydrogen-bond donors (Lipinski definition) is 3. The molecule has 0 rings (SSSR count). The molecule has 0 aliphatic carbocycles. The molecule has 0 heterocycles. The number of carbonyl (C=O) groups is 3. The molecule has 0 unspecified atom stereocenters. The van der Waals surface area contributed by atoms with Crippen LogP contribution >= 0.6 is 0 Å². The minimum absolute atomic E-state index is 0.152. The number of nitrogens with two attached hydrogens (primary N) is 1. The van der Waals surface area contributed by atoms with Gasteiger partial charge >= 0.3 is 11.9 Å². The maximum atomic E-state index is 10.4. The van der Waals surface area contributed by atoms with Crippen LogP contribution in [0.15, 0.2) is 0 Å². The summed E-state index contributed by atoms with van der Waals surface area (Å²) < 4.78 is 0. The van der Waals surface area contributed by atoms with Crippen LogP contribution in [0, 0.1) is 0 Å². The molecule has 0 aromatic carbocycles. The Morgan fingerprint density at radius 1 is 1.25 bits per heavy atom. The van der Waals surface area contributed by atoms with Crippen molar-refractivity contribution in [3.05, 3.63) is 0 Å². The first kappa shape index (κ1) is 10.6. The first-order valence-corrected chi connectivity index (χ1v) is 3.19. The van der Waals surface area contributed by atoms with Crippen LogP contribution < -0.4 is 5.73 Å². The molecule has 0 saturated carbocycles. The second-order valence-electron chi connectivity index (χ2n) is 2.21. The van der Waals surface area contributed by atoms with E-state index in [1.165, 1.54) is 0 Å². The predicted octanol–water partition coefficient (Wildman–Crippen LogP) is -1.17. The highest BCUT2D eigenvalue weighted by molar-refractivity contribution is 6.32. The number of carboxylic acid groups (broad SMARTS) is 2. The second kappa shape index (κ2) is 4.45. The van der Waals surface area contributed by atoms with Crippen molar-refractivity contribution < 1.29 is 24.6 Å². The van der Waals surface area contributed by atoms with Gasteiger partial charge in [-0.05, 0) is 6.42 Å². The second-order valence-corrected chi connectivity index (χ2v) is 2.21. The summed E-state index contributed by atoms with van der Waals surface area (Å²) in [7, 11) is 0. The van der Waals surface area contributed by atoms with Crippen molar-refractivity contribution in [1.82, 2.24) is 0 Å². The molecule has 6 heteroatoms. The molecule has 4 N–H and O–H groups in total. The number of hydrogen-bond acceptors (Lipinski definition) is 4. The Kier molecular flexibility index (Phi) is 3.92. The number of rotatable bonds is 5. The fraction of sp³-hybridized carbons (Fsp3) is 0.500. The van der Waals surface area contributed by atoms with E-state index in [0.29, 0.717) is 0 Å². The van der Waals surface area contributed by atoms with Gasteiger partial charge in [0.2, 0.25) is 5.78 Å². The van der Waals surface area contributed by atoms with E-state index in [9.17, 15) is 14.4 Å². The maximum Gasteiger partial charge on any atom is 0.372 e. The summed E-state index contributed by atoms with van der Waals surface area (Å²) in [6, 6.07) is -1.17. The van der Waals surface area contributed by atoms with E-state index >= 15 is 0 Å². The Balaban J connectivity index is 3.76. The molecule has 0 fully saturated rings. The van der Waals surface area contributed by atoms with Crippen molar-refractivity contribution in [3.8, 4) is 0 Å². The minimum Gasteiger partial charge on any atom is -0.480 e. The van der Waals surface area contributed by atoms with Gasteiger partial charge in [0.15, 0.2) is 0 Å². The lowest BCUT2D eigenvalue weighted by molar-refractivity contribution is -0.149. The lowest BCUT2D eigenvalue weighted by atomic mass is 10.1. The van der Waals surface area contributed by atoms with Crippen LogP contribution in [0.4, 0.5) is 0 Å². The molecule has 0 saturated heterocycles. The van der Waals surface area contributed by atoms with Crippen LogP contribution in [-0.4, -0.2) is 34.0 Å². The molecule has 0 spiro atoms. The van der Waals surface area contributed by atoms with Gasteiger partial charge in [0.05, 0.1) is 0 Å². The molecule has 6 nitrogen and oxygen atoms in total. The Morgan fingerprint density at radius 3 is 2.08 bits per heavy atom. The molecular formula is C6H9NO5. The highest BCUT2D eigenvalue weighted by Gasteiger charge is 2.16. The summed E-state index contributed by atoms with van der Waals surface area (Å²) in [6.07, 6.45) is -0.497. The predicted molar refractivity (Wildman–Crippen MR) is 37.5 cm³/mol. The van der Waals surface area contributed by atoms with Crippen LogP contribution in [0.5, 0.6) is 0 Å². The SMILES string of the molecule is N[C@@H](CCC(=O)C(=O)O)C(=O)O. The smallest absolute Gasteiger partial charge is 0.372 e. The number of Topliss-reactive ketones (excluding diaryl/α,β-unsaturated/α-hetero) is 1. The van der Waals surface area contributed by atoms with Crippen molar-refractivity contribution >= 4 is 17.7 Å². The van der Waals surface area contributed by atoms with Crippen molar-refractivity contribution in [2.75, 3.05) is 0 Å². The summed E-state index contributed by atoms with van der Waals surface area (Å²) in [6.45, 7) is 0. The third kappa shape index (κ3) is 3.67. The van der Waals surface area contributed by atoms with E-state index in [0.717, 1.165) is 0 Å². The van der Waals surface area contributed by atoms with Crippen molar-refractivity contribution in [3.63, 3.8) is 0 Å².